The minimum Gasteiger partial charge on any atom is -0.370 e. The van der Waals surface area contributed by atoms with Crippen LogP contribution in [-0.2, 0) is 7.05 Å². The van der Waals surface area contributed by atoms with E-state index in [0.717, 1.165) is 10.9 Å². The van der Waals surface area contributed by atoms with Gasteiger partial charge in [-0.15, -0.1) is 0 Å². The van der Waals surface area contributed by atoms with Crippen LogP contribution in [0.2, 0.25) is 0 Å². The minimum absolute atomic E-state index is 0.349. The number of rotatable bonds is 1. The summed E-state index contributed by atoms with van der Waals surface area (Å²) in [6.45, 7) is 0. The summed E-state index contributed by atoms with van der Waals surface area (Å²) in [7, 11) is 1.94. The van der Waals surface area contributed by atoms with Gasteiger partial charge in [0.1, 0.15) is 0 Å². The van der Waals surface area contributed by atoms with Crippen molar-refractivity contribution < 1.29 is 4.79 Å². The topological polar surface area (TPSA) is 83.9 Å². The summed E-state index contributed by atoms with van der Waals surface area (Å²) in [6, 6.07) is 7.28. The maximum absolute atomic E-state index is 11.6. The van der Waals surface area contributed by atoms with Gasteiger partial charge in [-0.2, -0.15) is 0 Å². The standard InChI is InChI=1S/C11H12N4O/c1-15-5-4-7-6-8(2-3-9(7)15)10(16)14-11(12)13/h2-6H,1H3,(H4,12,13,14,16). The van der Waals surface area contributed by atoms with Gasteiger partial charge in [0.25, 0.3) is 5.91 Å². The van der Waals surface area contributed by atoms with Crippen LogP contribution in [-0.4, -0.2) is 16.4 Å². The summed E-state index contributed by atoms with van der Waals surface area (Å²) < 4.78 is 1.97. The first-order valence-electron chi connectivity index (χ1n) is 4.78. The van der Waals surface area contributed by atoms with Crippen LogP contribution in [0.5, 0.6) is 0 Å². The van der Waals surface area contributed by atoms with Gasteiger partial charge in [-0.05, 0) is 24.3 Å². The Morgan fingerprint density at radius 2 is 2.19 bits per heavy atom. The molecule has 0 aliphatic heterocycles. The molecule has 2 aromatic rings. The fourth-order valence-electron chi connectivity index (χ4n) is 1.62. The van der Waals surface area contributed by atoms with Crippen molar-refractivity contribution in [2.45, 2.75) is 0 Å². The minimum atomic E-state index is -0.363. The van der Waals surface area contributed by atoms with Crippen molar-refractivity contribution in [2.75, 3.05) is 0 Å². The number of aryl methyl sites for hydroxylation is 1. The number of aromatic nitrogens is 1. The lowest BCUT2D eigenvalue weighted by Gasteiger charge is -2.03. The lowest BCUT2D eigenvalue weighted by molar-refractivity contribution is 0.0976. The second-order valence-corrected chi connectivity index (χ2v) is 3.57. The second-order valence-electron chi connectivity index (χ2n) is 3.57. The van der Waals surface area contributed by atoms with Gasteiger partial charge in [-0.3, -0.25) is 15.5 Å². The number of hydrogen-bond acceptors (Lipinski definition) is 2. The number of nitrogens with zero attached hydrogens (tertiary/aromatic N) is 1. The van der Waals surface area contributed by atoms with Crippen molar-refractivity contribution in [1.29, 1.82) is 5.41 Å². The lowest BCUT2D eigenvalue weighted by atomic mass is 10.1. The highest BCUT2D eigenvalue weighted by Crippen LogP contribution is 2.16. The van der Waals surface area contributed by atoms with Gasteiger partial charge < -0.3 is 10.3 Å². The van der Waals surface area contributed by atoms with Crippen molar-refractivity contribution in [1.82, 2.24) is 9.88 Å². The highest BCUT2D eigenvalue weighted by molar-refractivity contribution is 6.06. The number of guanidine groups is 1. The Balaban J connectivity index is 2.39. The zero-order valence-corrected chi connectivity index (χ0v) is 8.82. The Kier molecular flexibility index (Phi) is 2.36. The predicted octanol–water partition coefficient (Wildman–Crippen LogP) is 0.802. The molecule has 0 saturated carbocycles. The van der Waals surface area contributed by atoms with E-state index < -0.39 is 0 Å². The summed E-state index contributed by atoms with van der Waals surface area (Å²) in [5.41, 5.74) is 6.64. The van der Waals surface area contributed by atoms with E-state index in [1.807, 2.05) is 29.9 Å². The van der Waals surface area contributed by atoms with Crippen molar-refractivity contribution in [3.63, 3.8) is 0 Å². The van der Waals surface area contributed by atoms with Crippen LogP contribution in [0, 0.1) is 5.41 Å². The van der Waals surface area contributed by atoms with Crippen LogP contribution in [0.15, 0.2) is 30.5 Å². The SMILES string of the molecule is Cn1ccc2cc(C(=O)NC(=N)N)ccc21. The molecule has 1 amide bonds. The van der Waals surface area contributed by atoms with E-state index in [-0.39, 0.29) is 11.9 Å². The Labute approximate surface area is 92.4 Å². The van der Waals surface area contributed by atoms with Crippen molar-refractivity contribution >= 4 is 22.8 Å². The molecule has 16 heavy (non-hydrogen) atoms. The molecule has 0 aliphatic carbocycles. The monoisotopic (exact) mass is 216 g/mol. The summed E-state index contributed by atoms with van der Waals surface area (Å²) in [5, 5.41) is 10.2. The van der Waals surface area contributed by atoms with Gasteiger partial charge in [-0.1, -0.05) is 0 Å². The van der Waals surface area contributed by atoms with Crippen LogP contribution < -0.4 is 11.1 Å². The first-order valence-corrected chi connectivity index (χ1v) is 4.78. The van der Waals surface area contributed by atoms with Gasteiger partial charge in [0.2, 0.25) is 0 Å². The maximum Gasteiger partial charge on any atom is 0.257 e. The van der Waals surface area contributed by atoms with E-state index in [0.29, 0.717) is 5.56 Å². The molecule has 0 radical (unpaired) electrons. The molecule has 0 spiro atoms. The molecule has 0 saturated heterocycles. The molecular weight excluding hydrogens is 204 g/mol. The normalized spacial score (nSPS) is 10.3. The van der Waals surface area contributed by atoms with Gasteiger partial charge in [0.05, 0.1) is 0 Å². The maximum atomic E-state index is 11.6. The fourth-order valence-corrected chi connectivity index (χ4v) is 1.62. The quantitative estimate of drug-likeness (QED) is 0.486. The Bertz CT molecular complexity index is 570. The first kappa shape index (κ1) is 10.2. The molecule has 0 bridgehead atoms. The Hall–Kier alpha value is -2.30. The van der Waals surface area contributed by atoms with Crippen LogP contribution in [0.3, 0.4) is 0 Å². The molecule has 1 aromatic heterocycles. The highest BCUT2D eigenvalue weighted by Gasteiger charge is 2.07. The molecule has 0 unspecified atom stereocenters. The van der Waals surface area contributed by atoms with Crippen LogP contribution in [0.25, 0.3) is 10.9 Å². The van der Waals surface area contributed by atoms with Gasteiger partial charge in [0, 0.05) is 29.7 Å². The van der Waals surface area contributed by atoms with E-state index in [1.165, 1.54) is 0 Å². The number of hydrogen-bond donors (Lipinski definition) is 3. The van der Waals surface area contributed by atoms with Crippen LogP contribution in [0.4, 0.5) is 0 Å². The molecule has 0 atom stereocenters. The van der Waals surface area contributed by atoms with Crippen molar-refractivity contribution in [2.24, 2.45) is 12.8 Å². The zero-order chi connectivity index (χ0) is 11.7. The summed E-state index contributed by atoms with van der Waals surface area (Å²) >= 11 is 0. The van der Waals surface area contributed by atoms with Gasteiger partial charge >= 0.3 is 0 Å². The predicted molar refractivity (Wildman–Crippen MR) is 62.3 cm³/mol. The number of nitrogens with two attached hydrogens (primary N) is 1. The van der Waals surface area contributed by atoms with Gasteiger partial charge in [0.15, 0.2) is 5.96 Å². The molecule has 5 heteroatoms. The molecule has 0 fully saturated rings. The molecule has 1 aromatic carbocycles. The average Bonchev–Trinajstić information content (AvgIpc) is 2.59. The third kappa shape index (κ3) is 1.75. The third-order valence-electron chi connectivity index (χ3n) is 2.40. The summed E-state index contributed by atoms with van der Waals surface area (Å²) in [5.74, 6) is -0.712. The average molecular weight is 216 g/mol. The molecule has 0 aliphatic rings. The number of fused-ring (bicyclic) bond motifs is 1. The lowest BCUT2D eigenvalue weighted by Crippen LogP contribution is -2.35. The number of nitrogens with one attached hydrogen (secondary N) is 2. The van der Waals surface area contributed by atoms with Crippen molar-refractivity contribution in [3.8, 4) is 0 Å². The second kappa shape index (κ2) is 3.69. The van der Waals surface area contributed by atoms with E-state index in [2.05, 4.69) is 5.32 Å². The largest absolute Gasteiger partial charge is 0.370 e. The molecule has 5 nitrogen and oxygen atoms in total. The Morgan fingerprint density at radius 3 is 2.88 bits per heavy atom. The number of carbonyl (C=O) groups excluding carboxylic acids is 1. The van der Waals surface area contributed by atoms with E-state index in [9.17, 15) is 4.79 Å². The fraction of sp³-hybridized carbons (Fsp3) is 0.0909. The molecule has 2 rings (SSSR count). The van der Waals surface area contributed by atoms with E-state index in [1.54, 1.807) is 12.1 Å². The molecular formula is C11H12N4O. The number of amides is 1. The van der Waals surface area contributed by atoms with Crippen LogP contribution >= 0.6 is 0 Å². The summed E-state index contributed by atoms with van der Waals surface area (Å²) in [6.07, 6.45) is 1.93. The Morgan fingerprint density at radius 1 is 1.44 bits per heavy atom. The number of benzene rings is 1. The highest BCUT2D eigenvalue weighted by atomic mass is 16.1. The van der Waals surface area contributed by atoms with Crippen LogP contribution in [0.1, 0.15) is 10.4 Å². The molecule has 1 heterocycles. The van der Waals surface area contributed by atoms with Gasteiger partial charge in [-0.25, -0.2) is 0 Å². The molecule has 4 N–H and O–H groups in total. The van der Waals surface area contributed by atoms with E-state index >= 15 is 0 Å². The zero-order valence-electron chi connectivity index (χ0n) is 8.82. The molecule has 82 valence electrons. The third-order valence-corrected chi connectivity index (χ3v) is 2.40. The van der Waals surface area contributed by atoms with E-state index in [4.69, 9.17) is 11.1 Å². The first-order chi connectivity index (χ1) is 7.58. The smallest absolute Gasteiger partial charge is 0.257 e. The number of carbonyl (C=O) groups is 1. The van der Waals surface area contributed by atoms with Crippen molar-refractivity contribution in [3.05, 3.63) is 36.0 Å². The summed E-state index contributed by atoms with van der Waals surface area (Å²) in [4.78, 5) is 11.6.